The summed E-state index contributed by atoms with van der Waals surface area (Å²) in [7, 11) is 0. The highest BCUT2D eigenvalue weighted by Crippen LogP contribution is 2.29. The van der Waals surface area contributed by atoms with Crippen LogP contribution in [0.4, 0.5) is 15.8 Å². The predicted octanol–water partition coefficient (Wildman–Crippen LogP) is 2.80. The summed E-state index contributed by atoms with van der Waals surface area (Å²) < 4.78 is 13.1. The maximum atomic E-state index is 13.1. The van der Waals surface area contributed by atoms with Gasteiger partial charge in [0, 0.05) is 19.2 Å². The Kier molecular flexibility index (Phi) is 4.39. The quantitative estimate of drug-likeness (QED) is 0.825. The van der Waals surface area contributed by atoms with E-state index in [1.807, 2.05) is 11.8 Å². The molecule has 1 aromatic rings. The third-order valence-corrected chi connectivity index (χ3v) is 2.58. The summed E-state index contributed by atoms with van der Waals surface area (Å²) in [4.78, 5) is 1.89. The van der Waals surface area contributed by atoms with Crippen molar-refractivity contribution in [3.63, 3.8) is 0 Å². The highest BCUT2D eigenvalue weighted by molar-refractivity contribution is 6.31. The number of nitrogen functional groups attached to an aromatic ring is 1. The van der Waals surface area contributed by atoms with E-state index in [-0.39, 0.29) is 5.02 Å². The fourth-order valence-electron chi connectivity index (χ4n) is 1.46. The van der Waals surface area contributed by atoms with E-state index >= 15 is 0 Å². The Bertz CT molecular complexity index is 414. The Morgan fingerprint density at radius 2 is 2.25 bits per heavy atom. The lowest BCUT2D eigenvalue weighted by molar-refractivity contribution is 0.628. The van der Waals surface area contributed by atoms with Crippen molar-refractivity contribution in [1.82, 2.24) is 0 Å². The maximum Gasteiger partial charge on any atom is 0.143 e. The van der Waals surface area contributed by atoms with E-state index < -0.39 is 5.82 Å². The summed E-state index contributed by atoms with van der Waals surface area (Å²) in [5.41, 5.74) is 6.72. The second-order valence-electron chi connectivity index (χ2n) is 3.31. The Balaban J connectivity index is 3.01. The molecule has 16 heavy (non-hydrogen) atoms. The molecule has 0 radical (unpaired) electrons. The second kappa shape index (κ2) is 5.57. The number of benzene rings is 1. The second-order valence-corrected chi connectivity index (χ2v) is 3.72. The average Bonchev–Trinajstić information content (AvgIpc) is 2.26. The van der Waals surface area contributed by atoms with Crippen LogP contribution in [0.2, 0.25) is 5.02 Å². The molecule has 2 N–H and O–H groups in total. The van der Waals surface area contributed by atoms with Crippen molar-refractivity contribution in [3.05, 3.63) is 23.0 Å². The average molecular weight is 242 g/mol. The van der Waals surface area contributed by atoms with Crippen LogP contribution in [0.15, 0.2) is 12.1 Å². The van der Waals surface area contributed by atoms with Crippen molar-refractivity contribution >= 4 is 23.0 Å². The zero-order chi connectivity index (χ0) is 12.1. The molecule has 0 bridgehead atoms. The number of nitrogens with two attached hydrogens (primary N) is 1. The van der Waals surface area contributed by atoms with Crippen molar-refractivity contribution < 1.29 is 4.39 Å². The Labute approximate surface area is 99.2 Å². The molecule has 0 aliphatic carbocycles. The van der Waals surface area contributed by atoms with Crippen molar-refractivity contribution in [2.75, 3.05) is 23.7 Å². The molecule has 0 aliphatic rings. The lowest BCUT2D eigenvalue weighted by atomic mass is 10.2. The molecule has 1 aromatic carbocycles. The van der Waals surface area contributed by atoms with E-state index in [1.54, 1.807) is 0 Å². The molecule has 3 nitrogen and oxygen atoms in total. The van der Waals surface area contributed by atoms with E-state index in [0.29, 0.717) is 30.9 Å². The Morgan fingerprint density at radius 3 is 2.81 bits per heavy atom. The van der Waals surface area contributed by atoms with Gasteiger partial charge in [0.2, 0.25) is 0 Å². The van der Waals surface area contributed by atoms with Gasteiger partial charge in [0.15, 0.2) is 0 Å². The summed E-state index contributed by atoms with van der Waals surface area (Å²) in [5.74, 6) is -0.528. The third kappa shape index (κ3) is 2.77. The molecule has 0 atom stereocenters. The summed E-state index contributed by atoms with van der Waals surface area (Å²) in [6.07, 6.45) is 0.391. The summed E-state index contributed by atoms with van der Waals surface area (Å²) in [6, 6.07) is 4.75. The molecule has 0 aliphatic heterocycles. The van der Waals surface area contributed by atoms with Crippen LogP contribution < -0.4 is 10.6 Å². The first-order valence-corrected chi connectivity index (χ1v) is 5.34. The molecule has 0 amide bonds. The zero-order valence-electron chi connectivity index (χ0n) is 9.00. The molecule has 0 fully saturated rings. The number of rotatable bonds is 4. The topological polar surface area (TPSA) is 53.0 Å². The van der Waals surface area contributed by atoms with Gasteiger partial charge in [0.25, 0.3) is 0 Å². The van der Waals surface area contributed by atoms with Crippen LogP contribution in [0.25, 0.3) is 0 Å². The highest BCUT2D eigenvalue weighted by atomic mass is 35.5. The molecular formula is C11H13ClFN3. The molecular weight excluding hydrogens is 229 g/mol. The van der Waals surface area contributed by atoms with Gasteiger partial charge in [0.05, 0.1) is 28.9 Å². The molecule has 0 aromatic heterocycles. The first-order chi connectivity index (χ1) is 7.60. The van der Waals surface area contributed by atoms with E-state index in [2.05, 4.69) is 6.07 Å². The molecule has 1 rings (SSSR count). The van der Waals surface area contributed by atoms with Gasteiger partial charge in [-0.15, -0.1) is 0 Å². The number of hydrogen-bond acceptors (Lipinski definition) is 3. The van der Waals surface area contributed by atoms with Crippen molar-refractivity contribution in [3.8, 4) is 6.07 Å². The normalized spacial score (nSPS) is 9.88. The number of nitrogens with zero attached hydrogens (tertiary/aromatic N) is 2. The van der Waals surface area contributed by atoms with Crippen molar-refractivity contribution in [1.29, 1.82) is 5.26 Å². The largest absolute Gasteiger partial charge is 0.397 e. The van der Waals surface area contributed by atoms with Gasteiger partial charge < -0.3 is 10.6 Å². The fraction of sp³-hybridized carbons (Fsp3) is 0.364. The highest BCUT2D eigenvalue weighted by Gasteiger charge is 2.11. The monoisotopic (exact) mass is 241 g/mol. The number of anilines is 2. The van der Waals surface area contributed by atoms with Gasteiger partial charge in [-0.3, -0.25) is 0 Å². The molecule has 0 saturated carbocycles. The van der Waals surface area contributed by atoms with Crippen LogP contribution in [0.1, 0.15) is 13.3 Å². The van der Waals surface area contributed by atoms with E-state index in [9.17, 15) is 4.39 Å². The van der Waals surface area contributed by atoms with E-state index in [1.165, 1.54) is 12.1 Å². The third-order valence-electron chi connectivity index (χ3n) is 2.29. The molecule has 0 saturated heterocycles. The molecule has 0 spiro atoms. The zero-order valence-corrected chi connectivity index (χ0v) is 9.76. The van der Waals surface area contributed by atoms with Gasteiger partial charge in [-0.2, -0.15) is 5.26 Å². The number of halogens is 2. The minimum Gasteiger partial charge on any atom is -0.397 e. The van der Waals surface area contributed by atoms with Crippen LogP contribution in [-0.4, -0.2) is 13.1 Å². The van der Waals surface area contributed by atoms with Crippen LogP contribution >= 0.6 is 11.6 Å². The fourth-order valence-corrected chi connectivity index (χ4v) is 1.62. The minimum atomic E-state index is -0.528. The lowest BCUT2D eigenvalue weighted by Crippen LogP contribution is -2.24. The minimum absolute atomic E-state index is 0.0413. The van der Waals surface area contributed by atoms with Crippen LogP contribution in [-0.2, 0) is 0 Å². The van der Waals surface area contributed by atoms with Gasteiger partial charge in [-0.1, -0.05) is 11.6 Å². The van der Waals surface area contributed by atoms with Crippen LogP contribution in [0.5, 0.6) is 0 Å². The van der Waals surface area contributed by atoms with Crippen molar-refractivity contribution in [2.45, 2.75) is 13.3 Å². The standard InChI is InChI=1S/C11H13ClFN3/c1-2-16(5-3-4-14)11-6-8(12)9(13)7-10(11)15/h6-7H,2-3,5,15H2,1H3. The van der Waals surface area contributed by atoms with Gasteiger partial charge in [0.1, 0.15) is 5.82 Å². The number of nitriles is 1. The Morgan fingerprint density at radius 1 is 1.56 bits per heavy atom. The van der Waals surface area contributed by atoms with Gasteiger partial charge in [-0.05, 0) is 13.0 Å². The van der Waals surface area contributed by atoms with Crippen LogP contribution in [0.3, 0.4) is 0 Å². The molecule has 0 unspecified atom stereocenters. The molecule has 86 valence electrons. The summed E-state index contributed by atoms with van der Waals surface area (Å²) >= 11 is 5.70. The van der Waals surface area contributed by atoms with Crippen molar-refractivity contribution in [2.24, 2.45) is 0 Å². The molecule has 5 heteroatoms. The number of hydrogen-bond donors (Lipinski definition) is 1. The molecule has 0 heterocycles. The first-order valence-electron chi connectivity index (χ1n) is 4.96. The van der Waals surface area contributed by atoms with Gasteiger partial charge >= 0.3 is 0 Å². The van der Waals surface area contributed by atoms with Gasteiger partial charge in [-0.25, -0.2) is 4.39 Å². The smallest absolute Gasteiger partial charge is 0.143 e. The van der Waals surface area contributed by atoms with Crippen LogP contribution in [0, 0.1) is 17.1 Å². The maximum absolute atomic E-state index is 13.1. The Hall–Kier alpha value is -1.47. The summed E-state index contributed by atoms with van der Waals surface area (Å²) in [6.45, 7) is 3.18. The predicted molar refractivity (Wildman–Crippen MR) is 63.9 cm³/mol. The first kappa shape index (κ1) is 12.6. The van der Waals surface area contributed by atoms with E-state index in [0.717, 1.165) is 0 Å². The SMILES string of the molecule is CCN(CCC#N)c1cc(Cl)c(F)cc1N. The lowest BCUT2D eigenvalue weighted by Gasteiger charge is -2.23. The summed E-state index contributed by atoms with van der Waals surface area (Å²) in [5, 5.41) is 8.57. The van der Waals surface area contributed by atoms with E-state index in [4.69, 9.17) is 22.6 Å².